The highest BCUT2D eigenvalue weighted by atomic mass is 79.9. The first-order valence-corrected chi connectivity index (χ1v) is 9.86. The topological polar surface area (TPSA) is 80.4 Å². The van der Waals surface area contributed by atoms with Gasteiger partial charge in [0.15, 0.2) is 0 Å². The molecule has 0 fully saturated rings. The van der Waals surface area contributed by atoms with Crippen molar-refractivity contribution in [1.82, 2.24) is 10.3 Å². The van der Waals surface area contributed by atoms with Gasteiger partial charge in [0.25, 0.3) is 0 Å². The number of esters is 1. The van der Waals surface area contributed by atoms with Crippen LogP contribution in [0.2, 0.25) is 0 Å². The molecule has 7 heteroatoms. The predicted octanol–water partition coefficient (Wildman–Crippen LogP) is 3.58. The molecule has 0 spiro atoms. The Kier molecular flexibility index (Phi) is 7.86. The summed E-state index contributed by atoms with van der Waals surface area (Å²) in [5.74, 6) is -0.304. The van der Waals surface area contributed by atoms with Crippen LogP contribution in [0.25, 0.3) is 10.9 Å². The minimum absolute atomic E-state index is 0.324. The van der Waals surface area contributed by atoms with Crippen molar-refractivity contribution < 1.29 is 19.1 Å². The van der Waals surface area contributed by atoms with Crippen LogP contribution >= 0.6 is 15.9 Å². The van der Waals surface area contributed by atoms with Crippen molar-refractivity contribution in [3.8, 4) is 0 Å². The lowest BCUT2D eigenvalue weighted by molar-refractivity contribution is -0.146. The lowest BCUT2D eigenvalue weighted by Crippen LogP contribution is -2.47. The number of aromatic nitrogens is 1. The number of halogens is 1. The number of aromatic amines is 1. The molecule has 2 aromatic rings. The molecule has 0 unspecified atom stereocenters. The number of rotatable bonds is 9. The Morgan fingerprint density at radius 2 is 2.00 bits per heavy atom. The van der Waals surface area contributed by atoms with E-state index in [0.29, 0.717) is 18.9 Å². The van der Waals surface area contributed by atoms with E-state index in [1.54, 1.807) is 6.92 Å². The van der Waals surface area contributed by atoms with Crippen LogP contribution in [0.15, 0.2) is 28.9 Å². The Bertz CT molecular complexity index is 787. The Hall–Kier alpha value is -1.86. The third kappa shape index (κ3) is 6.07. The zero-order valence-electron chi connectivity index (χ0n) is 16.2. The number of methoxy groups -OCH3 is 1. The van der Waals surface area contributed by atoms with Gasteiger partial charge in [0.05, 0.1) is 7.11 Å². The van der Waals surface area contributed by atoms with Gasteiger partial charge in [-0.3, -0.25) is 4.79 Å². The number of ether oxygens (including phenoxy) is 2. The quantitative estimate of drug-likeness (QED) is 0.586. The molecule has 27 heavy (non-hydrogen) atoms. The molecule has 6 nitrogen and oxygen atoms in total. The molecular weight excluding hydrogens is 412 g/mol. The van der Waals surface area contributed by atoms with Gasteiger partial charge in [-0.25, -0.2) is 4.79 Å². The van der Waals surface area contributed by atoms with E-state index < -0.39 is 18.1 Å². The molecular formula is C20H27BrN2O4. The van der Waals surface area contributed by atoms with Crippen molar-refractivity contribution in [2.45, 2.75) is 45.8 Å². The summed E-state index contributed by atoms with van der Waals surface area (Å²) in [6.07, 6.45) is 2.42. The first-order valence-electron chi connectivity index (χ1n) is 9.07. The highest BCUT2D eigenvalue weighted by molar-refractivity contribution is 9.10. The Morgan fingerprint density at radius 1 is 1.26 bits per heavy atom. The van der Waals surface area contributed by atoms with Crippen molar-refractivity contribution in [3.63, 3.8) is 0 Å². The number of hydrogen-bond donors (Lipinski definition) is 2. The summed E-state index contributed by atoms with van der Waals surface area (Å²) >= 11 is 3.46. The van der Waals surface area contributed by atoms with E-state index in [4.69, 9.17) is 9.47 Å². The minimum atomic E-state index is -0.781. The van der Waals surface area contributed by atoms with E-state index in [1.165, 1.54) is 7.11 Å². The van der Waals surface area contributed by atoms with Crippen molar-refractivity contribution in [2.75, 3.05) is 13.7 Å². The first-order chi connectivity index (χ1) is 12.8. The minimum Gasteiger partial charge on any atom is -0.467 e. The number of H-pyrrole nitrogens is 1. The number of carbonyl (C=O) groups excluding carboxylic acids is 2. The van der Waals surface area contributed by atoms with Gasteiger partial charge >= 0.3 is 5.97 Å². The lowest BCUT2D eigenvalue weighted by Gasteiger charge is -2.20. The van der Waals surface area contributed by atoms with Gasteiger partial charge in [0.2, 0.25) is 5.91 Å². The molecule has 148 valence electrons. The fourth-order valence-electron chi connectivity index (χ4n) is 2.72. The molecule has 1 aromatic carbocycles. The van der Waals surface area contributed by atoms with Gasteiger partial charge in [-0.1, -0.05) is 29.8 Å². The van der Waals surface area contributed by atoms with E-state index in [-0.39, 0.29) is 5.91 Å². The van der Waals surface area contributed by atoms with Gasteiger partial charge < -0.3 is 19.8 Å². The van der Waals surface area contributed by atoms with E-state index in [9.17, 15) is 9.59 Å². The fraction of sp³-hybridized carbons (Fsp3) is 0.500. The molecule has 2 atom stereocenters. The average Bonchev–Trinajstić information content (AvgIpc) is 3.01. The SMILES string of the molecule is COC(=O)[C@@H](Cc1c[nH]c2ccc(Br)cc12)NC(=O)[C@H](C)OCCC(C)C. The molecule has 0 aliphatic carbocycles. The summed E-state index contributed by atoms with van der Waals surface area (Å²) in [6, 6.07) is 5.10. The summed E-state index contributed by atoms with van der Waals surface area (Å²) in [5.41, 5.74) is 1.89. The molecule has 0 saturated carbocycles. The lowest BCUT2D eigenvalue weighted by atomic mass is 10.0. The highest BCUT2D eigenvalue weighted by Crippen LogP contribution is 2.24. The maximum Gasteiger partial charge on any atom is 0.328 e. The molecule has 0 bridgehead atoms. The second-order valence-corrected chi connectivity index (χ2v) is 7.90. The number of nitrogens with one attached hydrogen (secondary N) is 2. The van der Waals surface area contributed by atoms with Gasteiger partial charge in [-0.2, -0.15) is 0 Å². The van der Waals surface area contributed by atoms with Gasteiger partial charge in [-0.05, 0) is 43.0 Å². The molecule has 2 rings (SSSR count). The standard InChI is InChI=1S/C20H27BrN2O4/c1-12(2)7-8-27-13(3)19(24)23-18(20(25)26-4)9-14-11-22-17-6-5-15(21)10-16(14)17/h5-6,10-13,18,22H,7-9H2,1-4H3,(H,23,24)/t13-,18+/m0/s1. The van der Waals surface area contributed by atoms with Crippen LogP contribution in [0.1, 0.15) is 32.8 Å². The molecule has 0 aliphatic heterocycles. The first kappa shape index (κ1) is 21.4. The third-order valence-electron chi connectivity index (χ3n) is 4.39. The van der Waals surface area contributed by atoms with Crippen LogP contribution in [0.4, 0.5) is 0 Å². The van der Waals surface area contributed by atoms with Gasteiger partial charge in [0, 0.05) is 34.6 Å². The Labute approximate surface area is 168 Å². The number of benzene rings is 1. The average molecular weight is 439 g/mol. The number of hydrogen-bond acceptors (Lipinski definition) is 4. The largest absolute Gasteiger partial charge is 0.467 e. The molecule has 0 aliphatic rings. The third-order valence-corrected chi connectivity index (χ3v) is 4.88. The molecule has 1 aromatic heterocycles. The van der Waals surface area contributed by atoms with Gasteiger partial charge in [0.1, 0.15) is 12.1 Å². The molecule has 1 amide bonds. The number of carbonyl (C=O) groups is 2. The van der Waals surface area contributed by atoms with Crippen LogP contribution in [0, 0.1) is 5.92 Å². The van der Waals surface area contributed by atoms with E-state index in [1.807, 2.05) is 24.4 Å². The van der Waals surface area contributed by atoms with Crippen LogP contribution in [-0.4, -0.2) is 42.7 Å². The van der Waals surface area contributed by atoms with Crippen LogP contribution < -0.4 is 5.32 Å². The summed E-state index contributed by atoms with van der Waals surface area (Å²) in [6.45, 7) is 6.39. The van der Waals surface area contributed by atoms with E-state index >= 15 is 0 Å². The smallest absolute Gasteiger partial charge is 0.328 e. The van der Waals surface area contributed by atoms with Crippen LogP contribution in [0.5, 0.6) is 0 Å². The normalized spacial score (nSPS) is 13.6. The highest BCUT2D eigenvalue weighted by Gasteiger charge is 2.26. The van der Waals surface area contributed by atoms with Crippen LogP contribution in [-0.2, 0) is 25.5 Å². The van der Waals surface area contributed by atoms with Crippen LogP contribution in [0.3, 0.4) is 0 Å². The maximum absolute atomic E-state index is 12.4. The second kappa shape index (κ2) is 9.90. The number of amides is 1. The second-order valence-electron chi connectivity index (χ2n) is 6.99. The summed E-state index contributed by atoms with van der Waals surface area (Å²) in [4.78, 5) is 27.8. The predicted molar refractivity (Wildman–Crippen MR) is 109 cm³/mol. The Morgan fingerprint density at radius 3 is 2.67 bits per heavy atom. The fourth-order valence-corrected chi connectivity index (χ4v) is 3.08. The monoisotopic (exact) mass is 438 g/mol. The zero-order valence-corrected chi connectivity index (χ0v) is 17.8. The van der Waals surface area contributed by atoms with E-state index in [0.717, 1.165) is 27.4 Å². The van der Waals surface area contributed by atoms with Crippen molar-refractivity contribution in [1.29, 1.82) is 0 Å². The van der Waals surface area contributed by atoms with Crippen molar-refractivity contribution in [2.24, 2.45) is 5.92 Å². The molecule has 2 N–H and O–H groups in total. The van der Waals surface area contributed by atoms with Crippen molar-refractivity contribution in [3.05, 3.63) is 34.4 Å². The number of fused-ring (bicyclic) bond motifs is 1. The molecule has 1 heterocycles. The Balaban J connectivity index is 2.07. The van der Waals surface area contributed by atoms with Gasteiger partial charge in [-0.15, -0.1) is 0 Å². The van der Waals surface area contributed by atoms with Crippen molar-refractivity contribution >= 4 is 38.7 Å². The molecule has 0 saturated heterocycles. The maximum atomic E-state index is 12.4. The molecule has 0 radical (unpaired) electrons. The zero-order chi connectivity index (χ0) is 20.0. The summed E-state index contributed by atoms with van der Waals surface area (Å²) in [7, 11) is 1.32. The summed E-state index contributed by atoms with van der Waals surface area (Å²) < 4.78 is 11.4. The van der Waals surface area contributed by atoms with E-state index in [2.05, 4.69) is 40.1 Å². The summed E-state index contributed by atoms with van der Waals surface area (Å²) in [5, 5.41) is 3.75.